The van der Waals surface area contributed by atoms with Gasteiger partial charge in [0.25, 0.3) is 0 Å². The molecule has 28 heavy (non-hydrogen) atoms. The maximum atomic E-state index is 6.00. The number of aliphatic imine (C=N–C) groups is 1. The number of piperazine rings is 1. The van der Waals surface area contributed by atoms with Gasteiger partial charge in [0.05, 0.1) is 19.3 Å². The molecule has 3 heterocycles. The average molecular weight is 509 g/mol. The van der Waals surface area contributed by atoms with Gasteiger partial charge in [-0.05, 0) is 33.2 Å². The Bertz CT molecular complexity index is 468. The summed E-state index contributed by atoms with van der Waals surface area (Å²) in [6.45, 7) is 17.7. The van der Waals surface area contributed by atoms with E-state index in [1.165, 1.54) is 13.1 Å². The monoisotopic (exact) mass is 509 g/mol. The van der Waals surface area contributed by atoms with E-state index in [9.17, 15) is 0 Å². The first-order chi connectivity index (χ1) is 13.2. The molecule has 164 valence electrons. The standard InChI is InChI=1S/C20H39N5O2.HI/c1-4-21-20(22-15-17(3)24-10-8-23(5-2)9-11-24)25-12-14-27-19(16-25)18-7-6-13-26-18;/h17-19H,4-16H2,1-3H3,(H,21,22);1H. The van der Waals surface area contributed by atoms with Gasteiger partial charge in [0.1, 0.15) is 6.10 Å². The van der Waals surface area contributed by atoms with E-state index in [0.717, 1.165) is 77.8 Å². The first-order valence-electron chi connectivity index (χ1n) is 10.9. The summed E-state index contributed by atoms with van der Waals surface area (Å²) in [4.78, 5) is 12.5. The van der Waals surface area contributed by atoms with Gasteiger partial charge in [-0.15, -0.1) is 24.0 Å². The van der Waals surface area contributed by atoms with Crippen LogP contribution in [0.2, 0.25) is 0 Å². The molecule has 3 unspecified atom stereocenters. The van der Waals surface area contributed by atoms with Crippen molar-refractivity contribution < 1.29 is 9.47 Å². The fourth-order valence-corrected chi connectivity index (χ4v) is 4.27. The number of rotatable bonds is 6. The lowest BCUT2D eigenvalue weighted by Crippen LogP contribution is -2.54. The summed E-state index contributed by atoms with van der Waals surface area (Å²) in [6, 6.07) is 0.479. The summed E-state index contributed by atoms with van der Waals surface area (Å²) in [5.74, 6) is 1.03. The van der Waals surface area contributed by atoms with Crippen molar-refractivity contribution in [1.29, 1.82) is 0 Å². The number of ether oxygens (including phenoxy) is 2. The molecule has 3 atom stereocenters. The Hall–Kier alpha value is -0.160. The zero-order chi connectivity index (χ0) is 19.1. The predicted molar refractivity (Wildman–Crippen MR) is 125 cm³/mol. The highest BCUT2D eigenvalue weighted by Crippen LogP contribution is 2.21. The van der Waals surface area contributed by atoms with Crippen LogP contribution in [0.15, 0.2) is 4.99 Å². The van der Waals surface area contributed by atoms with Crippen molar-refractivity contribution in [3.8, 4) is 0 Å². The van der Waals surface area contributed by atoms with Gasteiger partial charge < -0.3 is 24.6 Å². The second-order valence-corrected chi connectivity index (χ2v) is 7.92. The molecule has 0 amide bonds. The lowest BCUT2D eigenvalue weighted by Gasteiger charge is -2.38. The number of nitrogens with one attached hydrogen (secondary N) is 1. The van der Waals surface area contributed by atoms with E-state index in [-0.39, 0.29) is 36.2 Å². The van der Waals surface area contributed by atoms with E-state index >= 15 is 0 Å². The Kier molecular flexibility index (Phi) is 10.8. The normalized spacial score (nSPS) is 28.8. The molecule has 1 N–H and O–H groups in total. The molecule has 3 aliphatic heterocycles. The zero-order valence-corrected chi connectivity index (χ0v) is 20.3. The fourth-order valence-electron chi connectivity index (χ4n) is 4.27. The van der Waals surface area contributed by atoms with Crippen molar-refractivity contribution in [3.05, 3.63) is 0 Å². The van der Waals surface area contributed by atoms with Crippen LogP contribution in [-0.4, -0.2) is 111 Å². The maximum absolute atomic E-state index is 6.00. The van der Waals surface area contributed by atoms with Crippen molar-refractivity contribution in [2.75, 3.05) is 72.1 Å². The summed E-state index contributed by atoms with van der Waals surface area (Å²) in [7, 11) is 0. The summed E-state index contributed by atoms with van der Waals surface area (Å²) in [5.41, 5.74) is 0. The molecule has 0 aromatic carbocycles. The van der Waals surface area contributed by atoms with Crippen LogP contribution >= 0.6 is 24.0 Å². The molecule has 7 nitrogen and oxygen atoms in total. The Morgan fingerprint density at radius 2 is 1.82 bits per heavy atom. The predicted octanol–water partition coefficient (Wildman–Crippen LogP) is 1.48. The second kappa shape index (κ2) is 12.5. The molecule has 0 radical (unpaired) electrons. The van der Waals surface area contributed by atoms with Gasteiger partial charge in [-0.1, -0.05) is 6.92 Å². The van der Waals surface area contributed by atoms with Crippen LogP contribution in [0.1, 0.15) is 33.6 Å². The first-order valence-corrected chi connectivity index (χ1v) is 10.9. The molecule has 0 spiro atoms. The molecule has 0 aromatic heterocycles. The van der Waals surface area contributed by atoms with E-state index in [0.29, 0.717) is 6.04 Å². The van der Waals surface area contributed by atoms with Crippen molar-refractivity contribution in [2.24, 2.45) is 4.99 Å². The maximum Gasteiger partial charge on any atom is 0.194 e. The molecule has 0 bridgehead atoms. The summed E-state index contributed by atoms with van der Waals surface area (Å²) >= 11 is 0. The van der Waals surface area contributed by atoms with Gasteiger partial charge in [-0.25, -0.2) is 0 Å². The molecule has 0 aliphatic carbocycles. The summed E-state index contributed by atoms with van der Waals surface area (Å²) in [6.07, 6.45) is 2.70. The molecular weight excluding hydrogens is 469 g/mol. The third-order valence-electron chi connectivity index (χ3n) is 6.09. The van der Waals surface area contributed by atoms with Crippen LogP contribution in [0.3, 0.4) is 0 Å². The minimum Gasteiger partial charge on any atom is -0.375 e. The van der Waals surface area contributed by atoms with Gasteiger partial charge in [0.15, 0.2) is 5.96 Å². The van der Waals surface area contributed by atoms with E-state index in [1.807, 2.05) is 0 Å². The first kappa shape index (κ1) is 24.1. The van der Waals surface area contributed by atoms with Gasteiger partial charge in [0, 0.05) is 58.5 Å². The lowest BCUT2D eigenvalue weighted by atomic mass is 10.1. The number of nitrogens with zero attached hydrogens (tertiary/aromatic N) is 4. The van der Waals surface area contributed by atoms with Gasteiger partial charge >= 0.3 is 0 Å². The van der Waals surface area contributed by atoms with Crippen molar-refractivity contribution in [3.63, 3.8) is 0 Å². The SMILES string of the molecule is CCNC(=NCC(C)N1CCN(CC)CC1)N1CCOC(C2CCCO2)C1.I. The number of morpholine rings is 1. The number of guanidine groups is 1. The molecule has 0 aromatic rings. The Balaban J connectivity index is 0.00000280. The minimum atomic E-state index is 0. The zero-order valence-electron chi connectivity index (χ0n) is 17.9. The van der Waals surface area contributed by atoms with E-state index in [2.05, 4.69) is 40.8 Å². The molecule has 0 saturated carbocycles. The van der Waals surface area contributed by atoms with Gasteiger partial charge in [-0.2, -0.15) is 0 Å². The third kappa shape index (κ3) is 6.68. The van der Waals surface area contributed by atoms with Crippen LogP contribution < -0.4 is 5.32 Å². The van der Waals surface area contributed by atoms with Crippen LogP contribution in [-0.2, 0) is 9.47 Å². The Morgan fingerprint density at radius 1 is 1.07 bits per heavy atom. The topological polar surface area (TPSA) is 52.6 Å². The quantitative estimate of drug-likeness (QED) is 0.333. The fraction of sp³-hybridized carbons (Fsp3) is 0.950. The molecule has 8 heteroatoms. The molecule has 3 fully saturated rings. The van der Waals surface area contributed by atoms with E-state index in [1.54, 1.807) is 0 Å². The largest absolute Gasteiger partial charge is 0.375 e. The van der Waals surface area contributed by atoms with Crippen LogP contribution in [0.4, 0.5) is 0 Å². The van der Waals surface area contributed by atoms with E-state index in [4.69, 9.17) is 14.5 Å². The van der Waals surface area contributed by atoms with Crippen LogP contribution in [0, 0.1) is 0 Å². The molecule has 3 saturated heterocycles. The molecular formula is C20H40IN5O2. The second-order valence-electron chi connectivity index (χ2n) is 7.92. The number of hydrogen-bond donors (Lipinski definition) is 1. The van der Waals surface area contributed by atoms with Crippen molar-refractivity contribution in [2.45, 2.75) is 51.9 Å². The highest BCUT2D eigenvalue weighted by Gasteiger charge is 2.32. The van der Waals surface area contributed by atoms with Crippen molar-refractivity contribution >= 4 is 29.9 Å². The molecule has 3 rings (SSSR count). The number of hydrogen-bond acceptors (Lipinski definition) is 5. The number of likely N-dealkylation sites (N-methyl/N-ethyl adjacent to an activating group) is 1. The van der Waals surface area contributed by atoms with Crippen LogP contribution in [0.25, 0.3) is 0 Å². The Morgan fingerprint density at radius 3 is 2.46 bits per heavy atom. The van der Waals surface area contributed by atoms with Crippen molar-refractivity contribution in [1.82, 2.24) is 20.0 Å². The highest BCUT2D eigenvalue weighted by atomic mass is 127. The average Bonchev–Trinajstić information content (AvgIpc) is 3.26. The number of halogens is 1. The van der Waals surface area contributed by atoms with Crippen LogP contribution in [0.5, 0.6) is 0 Å². The minimum absolute atomic E-state index is 0. The molecule has 3 aliphatic rings. The third-order valence-corrected chi connectivity index (χ3v) is 6.09. The highest BCUT2D eigenvalue weighted by molar-refractivity contribution is 14.0. The lowest BCUT2D eigenvalue weighted by molar-refractivity contribution is -0.0817. The summed E-state index contributed by atoms with van der Waals surface area (Å²) in [5, 5.41) is 3.49. The smallest absolute Gasteiger partial charge is 0.194 e. The summed E-state index contributed by atoms with van der Waals surface area (Å²) < 4.78 is 11.9. The van der Waals surface area contributed by atoms with Gasteiger partial charge in [0.2, 0.25) is 0 Å². The van der Waals surface area contributed by atoms with E-state index < -0.39 is 0 Å². The van der Waals surface area contributed by atoms with Gasteiger partial charge in [-0.3, -0.25) is 9.89 Å². The Labute approximate surface area is 188 Å².